The first-order chi connectivity index (χ1) is 9.10. The van der Waals surface area contributed by atoms with E-state index in [1.54, 1.807) is 18.2 Å². The van der Waals surface area contributed by atoms with Gasteiger partial charge in [-0.2, -0.15) is 0 Å². The number of nitrogens with two attached hydrogens (primary N) is 1. The summed E-state index contributed by atoms with van der Waals surface area (Å²) in [6, 6.07) is 10.6. The van der Waals surface area contributed by atoms with E-state index in [1.165, 1.54) is 24.3 Å². The van der Waals surface area contributed by atoms with Crippen molar-refractivity contribution in [2.75, 3.05) is 17.2 Å². The molecule has 0 bridgehead atoms. The number of rotatable bonds is 4. The fourth-order valence-electron chi connectivity index (χ4n) is 1.95. The van der Waals surface area contributed by atoms with Gasteiger partial charge in [-0.1, -0.05) is 0 Å². The zero-order valence-corrected chi connectivity index (χ0v) is 10.7. The van der Waals surface area contributed by atoms with Crippen LogP contribution in [0.5, 0.6) is 0 Å². The molecule has 0 atom stereocenters. The van der Waals surface area contributed by atoms with Gasteiger partial charge in [0.1, 0.15) is 11.6 Å². The third-order valence-electron chi connectivity index (χ3n) is 3.04. The number of hydrogen-bond donors (Lipinski definition) is 1. The van der Waals surface area contributed by atoms with E-state index in [0.29, 0.717) is 12.2 Å². The Morgan fingerprint density at radius 1 is 1.00 bits per heavy atom. The fraction of sp³-hybridized carbons (Fsp3) is 0.200. The van der Waals surface area contributed by atoms with Crippen LogP contribution in [0.4, 0.5) is 20.2 Å². The smallest absolute Gasteiger partial charge is 0.123 e. The first-order valence-corrected chi connectivity index (χ1v) is 6.14. The largest absolute Gasteiger partial charge is 0.398 e. The standard InChI is InChI=1S/C15H16F2N2/c1-2-19(14-6-3-12(16)4-7-14)10-11-9-13(17)5-8-15(11)18/h3-9H,2,10,18H2,1H3. The summed E-state index contributed by atoms with van der Waals surface area (Å²) in [6.45, 7) is 3.20. The number of nitrogens with zero attached hydrogens (tertiary/aromatic N) is 1. The van der Waals surface area contributed by atoms with Crippen LogP contribution >= 0.6 is 0 Å². The molecule has 2 N–H and O–H groups in total. The lowest BCUT2D eigenvalue weighted by atomic mass is 10.1. The van der Waals surface area contributed by atoms with Crippen LogP contribution in [0.25, 0.3) is 0 Å². The molecule has 0 unspecified atom stereocenters. The zero-order valence-electron chi connectivity index (χ0n) is 10.7. The first kappa shape index (κ1) is 13.3. The van der Waals surface area contributed by atoms with Crippen molar-refractivity contribution in [1.29, 1.82) is 0 Å². The molecular formula is C15H16F2N2. The minimum Gasteiger partial charge on any atom is -0.398 e. The van der Waals surface area contributed by atoms with E-state index in [4.69, 9.17) is 5.73 Å². The highest BCUT2D eigenvalue weighted by Gasteiger charge is 2.08. The van der Waals surface area contributed by atoms with Gasteiger partial charge in [0.05, 0.1) is 0 Å². The molecule has 19 heavy (non-hydrogen) atoms. The molecule has 0 saturated carbocycles. The van der Waals surface area contributed by atoms with E-state index in [0.717, 1.165) is 17.8 Å². The monoisotopic (exact) mass is 262 g/mol. The van der Waals surface area contributed by atoms with Crippen molar-refractivity contribution in [2.45, 2.75) is 13.5 Å². The predicted octanol–water partition coefficient (Wildman–Crippen LogP) is 3.57. The highest BCUT2D eigenvalue weighted by Crippen LogP contribution is 2.21. The molecule has 2 aromatic carbocycles. The molecule has 2 rings (SSSR count). The number of nitrogen functional groups attached to an aromatic ring is 1. The summed E-state index contributed by atoms with van der Waals surface area (Å²) in [4.78, 5) is 2.00. The zero-order chi connectivity index (χ0) is 13.8. The van der Waals surface area contributed by atoms with Gasteiger partial charge in [0.25, 0.3) is 0 Å². The van der Waals surface area contributed by atoms with Gasteiger partial charge in [0.2, 0.25) is 0 Å². The fourth-order valence-corrected chi connectivity index (χ4v) is 1.95. The van der Waals surface area contributed by atoms with E-state index in [-0.39, 0.29) is 11.6 Å². The maximum atomic E-state index is 13.2. The van der Waals surface area contributed by atoms with Crippen LogP contribution in [0.2, 0.25) is 0 Å². The molecule has 4 heteroatoms. The number of benzene rings is 2. The average Bonchev–Trinajstić information content (AvgIpc) is 2.41. The SMILES string of the molecule is CCN(Cc1cc(F)ccc1N)c1ccc(F)cc1. The van der Waals surface area contributed by atoms with E-state index >= 15 is 0 Å². The minimum absolute atomic E-state index is 0.273. The van der Waals surface area contributed by atoms with Crippen molar-refractivity contribution in [1.82, 2.24) is 0 Å². The second-order valence-corrected chi connectivity index (χ2v) is 4.33. The second-order valence-electron chi connectivity index (χ2n) is 4.33. The predicted molar refractivity (Wildman–Crippen MR) is 73.9 cm³/mol. The van der Waals surface area contributed by atoms with Crippen molar-refractivity contribution < 1.29 is 8.78 Å². The molecule has 0 aliphatic rings. The molecule has 0 spiro atoms. The maximum absolute atomic E-state index is 13.2. The average molecular weight is 262 g/mol. The summed E-state index contributed by atoms with van der Waals surface area (Å²) in [5.41, 5.74) is 8.01. The maximum Gasteiger partial charge on any atom is 0.123 e. The summed E-state index contributed by atoms with van der Waals surface area (Å²) >= 11 is 0. The normalized spacial score (nSPS) is 10.5. The lowest BCUT2D eigenvalue weighted by molar-refractivity contribution is 0.624. The van der Waals surface area contributed by atoms with E-state index in [1.807, 2.05) is 11.8 Å². The Morgan fingerprint density at radius 3 is 2.26 bits per heavy atom. The Kier molecular flexibility index (Phi) is 4.00. The van der Waals surface area contributed by atoms with Gasteiger partial charge in [-0.25, -0.2) is 8.78 Å². The van der Waals surface area contributed by atoms with Crippen LogP contribution in [-0.4, -0.2) is 6.54 Å². The van der Waals surface area contributed by atoms with Gasteiger partial charge >= 0.3 is 0 Å². The third kappa shape index (κ3) is 3.22. The molecule has 0 aliphatic carbocycles. The van der Waals surface area contributed by atoms with E-state index in [2.05, 4.69) is 0 Å². The van der Waals surface area contributed by atoms with Crippen LogP contribution < -0.4 is 10.6 Å². The van der Waals surface area contributed by atoms with Gasteiger partial charge in [-0.05, 0) is 55.0 Å². The lowest BCUT2D eigenvalue weighted by Gasteiger charge is -2.24. The Bertz CT molecular complexity index is 553. The van der Waals surface area contributed by atoms with Gasteiger partial charge in [-0.15, -0.1) is 0 Å². The molecule has 0 saturated heterocycles. The lowest BCUT2D eigenvalue weighted by Crippen LogP contribution is -2.22. The molecule has 0 radical (unpaired) electrons. The Morgan fingerprint density at radius 2 is 1.63 bits per heavy atom. The Labute approximate surface area is 111 Å². The number of anilines is 2. The molecular weight excluding hydrogens is 246 g/mol. The van der Waals surface area contributed by atoms with Crippen LogP contribution in [0.15, 0.2) is 42.5 Å². The number of halogens is 2. The van der Waals surface area contributed by atoms with Gasteiger partial charge in [0, 0.05) is 24.5 Å². The van der Waals surface area contributed by atoms with Crippen LogP contribution in [-0.2, 0) is 6.54 Å². The molecule has 0 amide bonds. The molecule has 100 valence electrons. The minimum atomic E-state index is -0.306. The van der Waals surface area contributed by atoms with Gasteiger partial charge in [-0.3, -0.25) is 0 Å². The molecule has 2 nitrogen and oxygen atoms in total. The molecule has 2 aromatic rings. The summed E-state index contributed by atoms with van der Waals surface area (Å²) in [5.74, 6) is -0.579. The van der Waals surface area contributed by atoms with Crippen molar-refractivity contribution in [3.05, 3.63) is 59.7 Å². The molecule has 0 aromatic heterocycles. The first-order valence-electron chi connectivity index (χ1n) is 6.14. The van der Waals surface area contributed by atoms with Crippen molar-refractivity contribution >= 4 is 11.4 Å². The summed E-state index contributed by atoms with van der Waals surface area (Å²) in [7, 11) is 0. The molecule has 0 aliphatic heterocycles. The third-order valence-corrected chi connectivity index (χ3v) is 3.04. The summed E-state index contributed by atoms with van der Waals surface area (Å²) in [6.07, 6.45) is 0. The van der Waals surface area contributed by atoms with Gasteiger partial charge < -0.3 is 10.6 Å². The van der Waals surface area contributed by atoms with Crippen molar-refractivity contribution in [3.63, 3.8) is 0 Å². The van der Waals surface area contributed by atoms with Crippen molar-refractivity contribution in [2.24, 2.45) is 0 Å². The Hall–Kier alpha value is -2.10. The summed E-state index contributed by atoms with van der Waals surface area (Å²) in [5, 5.41) is 0. The highest BCUT2D eigenvalue weighted by molar-refractivity contribution is 5.52. The van der Waals surface area contributed by atoms with E-state index < -0.39 is 0 Å². The summed E-state index contributed by atoms with van der Waals surface area (Å²) < 4.78 is 26.1. The van der Waals surface area contributed by atoms with Crippen molar-refractivity contribution in [3.8, 4) is 0 Å². The van der Waals surface area contributed by atoms with Gasteiger partial charge in [0.15, 0.2) is 0 Å². The van der Waals surface area contributed by atoms with E-state index in [9.17, 15) is 8.78 Å². The second kappa shape index (κ2) is 5.69. The van der Waals surface area contributed by atoms with Crippen LogP contribution in [0.3, 0.4) is 0 Å². The van der Waals surface area contributed by atoms with Crippen LogP contribution in [0.1, 0.15) is 12.5 Å². The Balaban J connectivity index is 2.23. The molecule has 0 heterocycles. The highest BCUT2D eigenvalue weighted by atomic mass is 19.1. The molecule has 0 fully saturated rings. The number of hydrogen-bond acceptors (Lipinski definition) is 2. The topological polar surface area (TPSA) is 29.3 Å². The quantitative estimate of drug-likeness (QED) is 0.853. The van der Waals surface area contributed by atoms with Crippen LogP contribution in [0, 0.1) is 11.6 Å².